The fourth-order valence-electron chi connectivity index (χ4n) is 6.45. The number of hydrogen-bond acceptors (Lipinski definition) is 8. The van der Waals surface area contributed by atoms with Gasteiger partial charge in [-0.3, -0.25) is 24.2 Å². The van der Waals surface area contributed by atoms with Crippen LogP contribution in [0, 0.1) is 5.82 Å². The quantitative estimate of drug-likeness (QED) is 0.202. The van der Waals surface area contributed by atoms with E-state index in [0.717, 1.165) is 43.8 Å². The number of ketones is 1. The van der Waals surface area contributed by atoms with Crippen LogP contribution < -0.4 is 9.64 Å². The normalized spacial score (nSPS) is 15.8. The lowest BCUT2D eigenvalue weighted by molar-refractivity contribution is -0.134. The third-order valence-corrected chi connectivity index (χ3v) is 9.48. The molecule has 4 aromatic rings. The first-order valence-electron chi connectivity index (χ1n) is 17.1. The molecule has 0 radical (unpaired) electrons. The molecule has 2 aliphatic heterocycles. The fourth-order valence-corrected chi connectivity index (χ4v) is 6.45. The summed E-state index contributed by atoms with van der Waals surface area (Å²) >= 11 is 0. The third kappa shape index (κ3) is 8.29. The molecule has 6 rings (SSSR count). The van der Waals surface area contributed by atoms with Crippen molar-refractivity contribution in [2.24, 2.45) is 0 Å². The predicted molar refractivity (Wildman–Crippen MR) is 187 cm³/mol. The Hall–Kier alpha value is -4.74. The highest BCUT2D eigenvalue weighted by molar-refractivity contribution is 6.09. The molecular weight excluding hydrogens is 625 g/mol. The number of piperazine rings is 2. The number of fused-ring (bicyclic) bond motifs is 1. The molecule has 1 aromatic heterocycles. The average molecular weight is 670 g/mol. The van der Waals surface area contributed by atoms with Gasteiger partial charge >= 0.3 is 0 Å². The van der Waals surface area contributed by atoms with Crippen LogP contribution in [0.2, 0.25) is 0 Å². The van der Waals surface area contributed by atoms with Crippen molar-refractivity contribution in [2.45, 2.75) is 13.8 Å². The van der Waals surface area contributed by atoms with Gasteiger partial charge in [0.2, 0.25) is 11.7 Å². The highest BCUT2D eigenvalue weighted by Gasteiger charge is 2.27. The van der Waals surface area contributed by atoms with Crippen molar-refractivity contribution in [2.75, 3.05) is 90.0 Å². The molecule has 0 atom stereocenters. The number of nitrogens with zero attached hydrogens (tertiary/aromatic N) is 5. The minimum absolute atomic E-state index is 0.107. The van der Waals surface area contributed by atoms with E-state index < -0.39 is 0 Å². The van der Waals surface area contributed by atoms with Crippen molar-refractivity contribution in [1.82, 2.24) is 19.6 Å². The molecule has 2 amide bonds. The Morgan fingerprint density at radius 1 is 0.755 bits per heavy atom. The van der Waals surface area contributed by atoms with Gasteiger partial charge in [-0.15, -0.1) is 0 Å². The van der Waals surface area contributed by atoms with Crippen molar-refractivity contribution >= 4 is 34.3 Å². The monoisotopic (exact) mass is 669 g/mol. The summed E-state index contributed by atoms with van der Waals surface area (Å²) in [6, 6.07) is 20.6. The van der Waals surface area contributed by atoms with Gasteiger partial charge in [0, 0.05) is 100 Å². The van der Waals surface area contributed by atoms with Crippen LogP contribution in [0.1, 0.15) is 40.3 Å². The first-order chi connectivity index (χ1) is 23.8. The van der Waals surface area contributed by atoms with E-state index in [1.54, 1.807) is 23.1 Å². The Morgan fingerprint density at radius 3 is 2.06 bits per heavy atom. The van der Waals surface area contributed by atoms with Crippen LogP contribution in [0.5, 0.6) is 5.75 Å². The summed E-state index contributed by atoms with van der Waals surface area (Å²) in [4.78, 5) is 49.1. The number of benzene rings is 3. The maximum absolute atomic E-state index is 13.2. The molecule has 10 nitrogen and oxygen atoms in total. The number of carbonyl (C=O) groups excluding carboxylic acids is 3. The van der Waals surface area contributed by atoms with Crippen LogP contribution in [0.25, 0.3) is 11.0 Å². The topological polar surface area (TPSA) is 89.8 Å². The minimum atomic E-state index is -0.365. The van der Waals surface area contributed by atoms with Crippen molar-refractivity contribution in [3.05, 3.63) is 95.5 Å². The zero-order valence-electron chi connectivity index (χ0n) is 28.3. The lowest BCUT2D eigenvalue weighted by Crippen LogP contribution is -2.54. The SMILES string of the molecule is CCN(CC)c1ccc2cc(C(=O)c3ccc(OCCN4CCN(C(=O)CN5CCN(C(=O)c6ccc(F)cc6)CC5)CC4)cc3)oc2c1. The Kier molecular flexibility index (Phi) is 10.9. The van der Waals surface area contributed by atoms with E-state index in [9.17, 15) is 18.8 Å². The molecule has 49 heavy (non-hydrogen) atoms. The van der Waals surface area contributed by atoms with Gasteiger partial charge in [0.05, 0.1) is 6.54 Å². The van der Waals surface area contributed by atoms with Crippen LogP contribution in [0.15, 0.2) is 77.2 Å². The first-order valence-corrected chi connectivity index (χ1v) is 17.1. The van der Waals surface area contributed by atoms with Crippen LogP contribution in [0.4, 0.5) is 10.1 Å². The summed E-state index contributed by atoms with van der Waals surface area (Å²) in [7, 11) is 0. The van der Waals surface area contributed by atoms with Gasteiger partial charge in [0.15, 0.2) is 5.76 Å². The highest BCUT2D eigenvalue weighted by Crippen LogP contribution is 2.27. The van der Waals surface area contributed by atoms with Crippen LogP contribution >= 0.6 is 0 Å². The zero-order valence-corrected chi connectivity index (χ0v) is 28.3. The van der Waals surface area contributed by atoms with Crippen LogP contribution in [0.3, 0.4) is 0 Å². The van der Waals surface area contributed by atoms with Gasteiger partial charge in [0.1, 0.15) is 23.8 Å². The molecule has 0 spiro atoms. The number of rotatable bonds is 12. The number of anilines is 1. The van der Waals surface area contributed by atoms with Gasteiger partial charge in [-0.05, 0) is 80.6 Å². The van der Waals surface area contributed by atoms with Crippen LogP contribution in [-0.4, -0.2) is 122 Å². The van der Waals surface area contributed by atoms with E-state index in [-0.39, 0.29) is 23.4 Å². The Labute approximate surface area is 286 Å². The van der Waals surface area contributed by atoms with Crippen molar-refractivity contribution in [3.63, 3.8) is 0 Å². The number of ether oxygens (including phenoxy) is 1. The van der Waals surface area contributed by atoms with E-state index in [4.69, 9.17) is 9.15 Å². The Balaban J connectivity index is 0.896. The molecule has 2 fully saturated rings. The molecule has 2 aliphatic rings. The summed E-state index contributed by atoms with van der Waals surface area (Å²) in [5.41, 5.74) is 2.79. The standard InChI is InChI=1S/C38H44FN5O5/c1-3-42(4-2)32-12-7-30-25-35(49-34(30)26-32)37(46)28-8-13-33(14-9-28)48-24-23-40-15-19-43(20-16-40)36(45)27-41-17-21-44(22-18-41)38(47)29-5-10-31(39)11-6-29/h5-14,25-26H,3-4,15-24,27H2,1-2H3. The van der Waals surface area contributed by atoms with E-state index in [2.05, 4.69) is 34.6 Å². The molecule has 0 N–H and O–H groups in total. The molecule has 11 heteroatoms. The first kappa shape index (κ1) is 34.1. The summed E-state index contributed by atoms with van der Waals surface area (Å²) in [6.45, 7) is 12.8. The molecule has 3 heterocycles. The molecule has 0 saturated carbocycles. The number of hydrogen-bond donors (Lipinski definition) is 0. The zero-order chi connectivity index (χ0) is 34.3. The smallest absolute Gasteiger partial charge is 0.253 e. The van der Waals surface area contributed by atoms with Gasteiger partial charge < -0.3 is 23.9 Å². The maximum Gasteiger partial charge on any atom is 0.253 e. The predicted octanol–water partition coefficient (Wildman–Crippen LogP) is 4.63. The fraction of sp³-hybridized carbons (Fsp3) is 0.395. The Bertz CT molecular complexity index is 1740. The van der Waals surface area contributed by atoms with E-state index >= 15 is 0 Å². The van der Waals surface area contributed by atoms with E-state index in [1.165, 1.54) is 24.3 Å². The lowest BCUT2D eigenvalue weighted by atomic mass is 10.1. The minimum Gasteiger partial charge on any atom is -0.492 e. The number of halogens is 1. The summed E-state index contributed by atoms with van der Waals surface area (Å²) < 4.78 is 25.1. The number of amides is 2. The molecule has 3 aromatic carbocycles. The molecule has 0 bridgehead atoms. The third-order valence-electron chi connectivity index (χ3n) is 9.48. The van der Waals surface area contributed by atoms with E-state index in [1.807, 2.05) is 29.2 Å². The van der Waals surface area contributed by atoms with Crippen molar-refractivity contribution in [3.8, 4) is 5.75 Å². The number of furan rings is 1. The molecule has 2 saturated heterocycles. The summed E-state index contributed by atoms with van der Waals surface area (Å²) in [5.74, 6) is 0.473. The van der Waals surface area contributed by atoms with Crippen LogP contribution in [-0.2, 0) is 4.79 Å². The molecule has 0 unspecified atom stereocenters. The second kappa shape index (κ2) is 15.7. The van der Waals surface area contributed by atoms with Gasteiger partial charge in [-0.1, -0.05) is 0 Å². The molecule has 258 valence electrons. The summed E-state index contributed by atoms with van der Waals surface area (Å²) in [6.07, 6.45) is 0. The largest absolute Gasteiger partial charge is 0.492 e. The average Bonchev–Trinajstić information content (AvgIpc) is 3.57. The highest BCUT2D eigenvalue weighted by atomic mass is 19.1. The van der Waals surface area contributed by atoms with Gasteiger partial charge in [-0.2, -0.15) is 0 Å². The second-order valence-corrected chi connectivity index (χ2v) is 12.5. The van der Waals surface area contributed by atoms with E-state index in [0.29, 0.717) is 80.6 Å². The Morgan fingerprint density at radius 2 is 1.39 bits per heavy atom. The van der Waals surface area contributed by atoms with Crippen molar-refractivity contribution in [1.29, 1.82) is 0 Å². The lowest BCUT2D eigenvalue weighted by Gasteiger charge is -2.38. The van der Waals surface area contributed by atoms with Gasteiger partial charge in [-0.25, -0.2) is 4.39 Å². The number of carbonyl (C=O) groups is 3. The molecular formula is C38H44FN5O5. The molecule has 0 aliphatic carbocycles. The summed E-state index contributed by atoms with van der Waals surface area (Å²) in [5, 5.41) is 0.900. The van der Waals surface area contributed by atoms with Gasteiger partial charge in [0.25, 0.3) is 5.91 Å². The second-order valence-electron chi connectivity index (χ2n) is 12.5. The maximum atomic E-state index is 13.2. The van der Waals surface area contributed by atoms with Crippen molar-refractivity contribution < 1.29 is 27.9 Å².